The van der Waals surface area contributed by atoms with Gasteiger partial charge in [-0.25, -0.2) is 15.0 Å². The second-order valence-corrected chi connectivity index (χ2v) is 8.93. The van der Waals surface area contributed by atoms with Crippen LogP contribution in [0, 0.1) is 30.1 Å². The number of alkyl halides is 3. The van der Waals surface area contributed by atoms with Gasteiger partial charge in [-0.2, -0.15) is 18.4 Å². The Balaban J connectivity index is 1.38. The summed E-state index contributed by atoms with van der Waals surface area (Å²) < 4.78 is 39.4. The highest BCUT2D eigenvalue weighted by atomic mass is 19.4. The number of aromatic nitrogens is 5. The summed E-state index contributed by atoms with van der Waals surface area (Å²) in [4.78, 5) is 43.2. The number of aromatic amines is 1. The lowest BCUT2D eigenvalue weighted by atomic mass is 9.99. The summed E-state index contributed by atoms with van der Waals surface area (Å²) in [6.45, 7) is 0.998. The van der Waals surface area contributed by atoms with Crippen molar-refractivity contribution in [1.29, 1.82) is 5.26 Å². The predicted molar refractivity (Wildman–Crippen MR) is 116 cm³/mol. The maximum Gasteiger partial charge on any atom is 0.406 e. The van der Waals surface area contributed by atoms with Gasteiger partial charge in [-0.05, 0) is 25.7 Å². The van der Waals surface area contributed by atoms with E-state index in [0.29, 0.717) is 18.7 Å². The molecule has 1 aliphatic heterocycles. The van der Waals surface area contributed by atoms with E-state index in [1.54, 1.807) is 4.90 Å². The van der Waals surface area contributed by atoms with E-state index in [-0.39, 0.29) is 46.0 Å². The lowest BCUT2D eigenvalue weighted by Crippen LogP contribution is -2.57. The van der Waals surface area contributed by atoms with Crippen molar-refractivity contribution in [1.82, 2.24) is 34.7 Å². The topological polar surface area (TPSA) is 133 Å². The normalized spacial score (nSPS) is 17.2. The van der Waals surface area contributed by atoms with Gasteiger partial charge in [0.25, 0.3) is 5.91 Å². The monoisotopic (exact) mass is 486 g/mol. The Kier molecular flexibility index (Phi) is 5.46. The number of imidazole rings is 1. The summed E-state index contributed by atoms with van der Waals surface area (Å²) in [5, 5.41) is 11.8. The number of hydrogen-bond acceptors (Lipinski definition) is 6. The third kappa shape index (κ3) is 4.55. The van der Waals surface area contributed by atoms with E-state index >= 15 is 0 Å². The zero-order valence-electron chi connectivity index (χ0n) is 18.6. The lowest BCUT2D eigenvalue weighted by molar-refractivity contribution is -0.141. The Morgan fingerprint density at radius 1 is 1.29 bits per heavy atom. The molecular formula is C22H21F3N8O2. The van der Waals surface area contributed by atoms with Gasteiger partial charge in [0.15, 0.2) is 5.65 Å². The fourth-order valence-corrected chi connectivity index (χ4v) is 4.14. The molecule has 0 spiro atoms. The molecule has 2 amide bonds. The first-order chi connectivity index (χ1) is 16.6. The molecule has 2 N–H and O–H groups in total. The van der Waals surface area contributed by atoms with Crippen molar-refractivity contribution in [3.8, 4) is 17.5 Å². The minimum atomic E-state index is -4.40. The molecule has 10 nitrogen and oxygen atoms in total. The molecule has 4 heterocycles. The molecule has 0 unspecified atom stereocenters. The summed E-state index contributed by atoms with van der Waals surface area (Å²) >= 11 is 0. The highest BCUT2D eigenvalue weighted by Gasteiger charge is 2.43. The zero-order valence-corrected chi connectivity index (χ0v) is 18.6. The van der Waals surface area contributed by atoms with Crippen LogP contribution >= 0.6 is 0 Å². The molecule has 3 aromatic heterocycles. The minimum Gasteiger partial charge on any atom is -0.344 e. The number of amides is 2. The first-order valence-electron chi connectivity index (χ1n) is 11.1. The Morgan fingerprint density at radius 3 is 2.69 bits per heavy atom. The fourth-order valence-electron chi connectivity index (χ4n) is 4.14. The van der Waals surface area contributed by atoms with Crippen molar-refractivity contribution in [2.75, 3.05) is 13.1 Å². The van der Waals surface area contributed by atoms with Crippen molar-refractivity contribution >= 4 is 23.0 Å². The van der Waals surface area contributed by atoms with Crippen LogP contribution in [0.1, 0.15) is 29.0 Å². The van der Waals surface area contributed by atoms with Crippen molar-refractivity contribution in [2.45, 2.75) is 38.5 Å². The highest BCUT2D eigenvalue weighted by molar-refractivity contribution is 6.06. The maximum absolute atomic E-state index is 13.1. The van der Waals surface area contributed by atoms with E-state index in [1.807, 2.05) is 0 Å². The largest absolute Gasteiger partial charge is 0.406 e. The van der Waals surface area contributed by atoms with Crippen LogP contribution in [-0.2, 0) is 11.3 Å². The van der Waals surface area contributed by atoms with Gasteiger partial charge in [-0.15, -0.1) is 0 Å². The number of halogens is 3. The number of rotatable bonds is 6. The number of nitrogens with zero attached hydrogens (tertiary/aromatic N) is 6. The molecule has 2 fully saturated rings. The number of aryl methyl sites for hydroxylation is 1. The Bertz CT molecular complexity index is 1340. The number of nitrogens with one attached hydrogen (secondary N) is 2. The molecule has 0 radical (unpaired) electrons. The van der Waals surface area contributed by atoms with E-state index < -0.39 is 24.7 Å². The second kappa shape index (κ2) is 8.37. The molecule has 1 atom stereocenters. The van der Waals surface area contributed by atoms with Crippen molar-refractivity contribution in [3.63, 3.8) is 0 Å². The zero-order chi connectivity index (χ0) is 24.9. The summed E-state index contributed by atoms with van der Waals surface area (Å²) in [6, 6.07) is 1.43. The standard InChI is InChI=1S/C22H21F3N8O2/c1-11-29-16(9-33(11)10-22(23,24)25)15-6-28-19-18(30-15)14(5-27-19)20(34)31-17(13-2-3-13)21(35)32-7-12(4-26)8-32/h5-6,9,12-13,17H,2-3,7-8,10H2,1H3,(H,27,28)(H,31,34)/t17-/m1/s1. The van der Waals surface area contributed by atoms with Crippen LogP contribution in [0.25, 0.3) is 22.6 Å². The SMILES string of the molecule is Cc1nc(-c2cnc3[nH]cc(C(=O)N[C@@H](C(=O)N4CC(C#N)C4)C4CC4)c3n2)cn1CC(F)(F)F. The van der Waals surface area contributed by atoms with Crippen LogP contribution in [0.5, 0.6) is 0 Å². The van der Waals surface area contributed by atoms with Crippen LogP contribution < -0.4 is 5.32 Å². The molecular weight excluding hydrogens is 465 g/mol. The number of nitriles is 1. The Hall–Kier alpha value is -3.95. The van der Waals surface area contributed by atoms with Gasteiger partial charge in [-0.3, -0.25) is 9.59 Å². The first kappa shape index (κ1) is 22.8. The van der Waals surface area contributed by atoms with Gasteiger partial charge in [0.1, 0.15) is 35.3 Å². The van der Waals surface area contributed by atoms with Crippen LogP contribution in [0.2, 0.25) is 0 Å². The quantitative estimate of drug-likeness (QED) is 0.549. The van der Waals surface area contributed by atoms with Crippen LogP contribution in [-0.4, -0.2) is 66.5 Å². The molecule has 182 valence electrons. The maximum atomic E-state index is 13.1. The summed E-state index contributed by atoms with van der Waals surface area (Å²) in [5.74, 6) is -0.685. The molecule has 3 aromatic rings. The molecule has 1 saturated carbocycles. The minimum absolute atomic E-state index is 0.0417. The first-order valence-corrected chi connectivity index (χ1v) is 11.1. The van der Waals surface area contributed by atoms with Gasteiger partial charge in [-0.1, -0.05) is 0 Å². The smallest absolute Gasteiger partial charge is 0.344 e. The summed E-state index contributed by atoms with van der Waals surface area (Å²) in [6.07, 6.45) is 1.29. The number of fused-ring (bicyclic) bond motifs is 1. The molecule has 1 aliphatic carbocycles. The van der Waals surface area contributed by atoms with E-state index in [2.05, 4.69) is 31.3 Å². The highest BCUT2D eigenvalue weighted by Crippen LogP contribution is 2.35. The van der Waals surface area contributed by atoms with Gasteiger partial charge in [0.05, 0.1) is 23.7 Å². The van der Waals surface area contributed by atoms with Crippen LogP contribution in [0.3, 0.4) is 0 Å². The molecule has 13 heteroatoms. The van der Waals surface area contributed by atoms with E-state index in [4.69, 9.17) is 5.26 Å². The summed E-state index contributed by atoms with van der Waals surface area (Å²) in [5.41, 5.74) is 1.12. The molecule has 0 bridgehead atoms. The molecule has 5 rings (SSSR count). The van der Waals surface area contributed by atoms with Crippen LogP contribution in [0.15, 0.2) is 18.6 Å². The fraction of sp³-hybridized carbons (Fsp3) is 0.455. The molecule has 2 aliphatic rings. The van der Waals surface area contributed by atoms with Gasteiger partial charge >= 0.3 is 6.18 Å². The predicted octanol–water partition coefficient (Wildman–Crippen LogP) is 2.18. The number of carbonyl (C=O) groups is 2. The second-order valence-electron chi connectivity index (χ2n) is 8.93. The van der Waals surface area contributed by atoms with Gasteiger partial charge in [0.2, 0.25) is 5.91 Å². The Labute approximate surface area is 197 Å². The summed E-state index contributed by atoms with van der Waals surface area (Å²) in [7, 11) is 0. The van der Waals surface area contributed by atoms with Crippen molar-refractivity contribution in [3.05, 3.63) is 30.0 Å². The van der Waals surface area contributed by atoms with Gasteiger partial charge in [0, 0.05) is 25.5 Å². The molecule has 0 aromatic carbocycles. The third-order valence-electron chi connectivity index (χ3n) is 6.24. The number of likely N-dealkylation sites (tertiary alicyclic amines) is 1. The van der Waals surface area contributed by atoms with Crippen LogP contribution in [0.4, 0.5) is 13.2 Å². The molecule has 1 saturated heterocycles. The average molecular weight is 486 g/mol. The lowest BCUT2D eigenvalue weighted by Gasteiger charge is -2.37. The van der Waals surface area contributed by atoms with E-state index in [0.717, 1.165) is 17.4 Å². The van der Waals surface area contributed by atoms with Crippen molar-refractivity contribution < 1.29 is 22.8 Å². The Morgan fingerprint density at radius 2 is 2.03 bits per heavy atom. The average Bonchev–Trinajstić information content (AvgIpc) is 3.42. The van der Waals surface area contributed by atoms with E-state index in [9.17, 15) is 22.8 Å². The number of H-pyrrole nitrogens is 1. The number of hydrogen-bond donors (Lipinski definition) is 2. The van der Waals surface area contributed by atoms with E-state index in [1.165, 1.54) is 25.5 Å². The van der Waals surface area contributed by atoms with Crippen molar-refractivity contribution in [2.24, 2.45) is 11.8 Å². The molecule has 35 heavy (non-hydrogen) atoms. The number of carbonyl (C=O) groups excluding carboxylic acids is 2. The third-order valence-corrected chi connectivity index (χ3v) is 6.24. The van der Waals surface area contributed by atoms with Gasteiger partial charge < -0.3 is 19.8 Å².